The lowest BCUT2D eigenvalue weighted by atomic mass is 9.84. The second-order valence-electron chi connectivity index (χ2n) is 6.12. The third-order valence-corrected chi connectivity index (χ3v) is 4.88. The largest absolute Gasteiger partial charge is 0.395 e. The second kappa shape index (κ2) is 6.70. The molecule has 1 unspecified atom stereocenters. The van der Waals surface area contributed by atoms with Gasteiger partial charge in [0.05, 0.1) is 6.61 Å². The number of aliphatic hydroxyl groups is 1. The fraction of sp³-hybridized carbons (Fsp3) is 0.647. The van der Waals surface area contributed by atoms with Crippen molar-refractivity contribution in [3.8, 4) is 0 Å². The van der Waals surface area contributed by atoms with Gasteiger partial charge in [-0.05, 0) is 62.4 Å². The second-order valence-corrected chi connectivity index (χ2v) is 6.12. The van der Waals surface area contributed by atoms with Crippen molar-refractivity contribution < 1.29 is 5.11 Å². The van der Waals surface area contributed by atoms with Gasteiger partial charge >= 0.3 is 0 Å². The minimum atomic E-state index is 0.285. The van der Waals surface area contributed by atoms with Crippen LogP contribution in [0.3, 0.4) is 0 Å². The summed E-state index contributed by atoms with van der Waals surface area (Å²) in [5.74, 6) is 0.698. The van der Waals surface area contributed by atoms with Crippen molar-refractivity contribution in [2.75, 3.05) is 32.8 Å². The Kier molecular flexibility index (Phi) is 4.71. The first-order valence-electron chi connectivity index (χ1n) is 8.04. The summed E-state index contributed by atoms with van der Waals surface area (Å²) in [7, 11) is 0. The smallest absolute Gasteiger partial charge is 0.0558 e. The summed E-state index contributed by atoms with van der Waals surface area (Å²) in [6.07, 6.45) is 5.03. The molecule has 0 saturated carbocycles. The average Bonchev–Trinajstić information content (AvgIpc) is 3.03. The number of β-amino-alcohol motifs (C(OH)–C–C–N with tert-alkyl or cyclic N) is 1. The molecule has 2 heterocycles. The van der Waals surface area contributed by atoms with E-state index in [9.17, 15) is 0 Å². The maximum atomic E-state index is 9.04. The molecule has 2 aliphatic heterocycles. The topological polar surface area (TPSA) is 35.5 Å². The Morgan fingerprint density at radius 3 is 2.50 bits per heavy atom. The predicted octanol–water partition coefficient (Wildman–Crippen LogP) is 2.28. The Morgan fingerprint density at radius 2 is 1.85 bits per heavy atom. The van der Waals surface area contributed by atoms with Crippen LogP contribution in [-0.4, -0.2) is 42.8 Å². The molecule has 3 nitrogen and oxygen atoms in total. The number of benzene rings is 1. The van der Waals surface area contributed by atoms with Crippen molar-refractivity contribution in [3.63, 3.8) is 0 Å². The molecule has 2 N–H and O–H groups in total. The summed E-state index contributed by atoms with van der Waals surface area (Å²) in [5.41, 5.74) is 3.10. The third kappa shape index (κ3) is 3.05. The number of hydrogen-bond acceptors (Lipinski definition) is 3. The predicted molar refractivity (Wildman–Crippen MR) is 81.9 cm³/mol. The fourth-order valence-electron chi connectivity index (χ4n) is 3.76. The summed E-state index contributed by atoms with van der Waals surface area (Å²) in [4.78, 5) is 2.38. The highest BCUT2D eigenvalue weighted by Gasteiger charge is 2.25. The van der Waals surface area contributed by atoms with E-state index in [-0.39, 0.29) is 6.61 Å². The minimum absolute atomic E-state index is 0.285. The van der Waals surface area contributed by atoms with Crippen LogP contribution in [0, 0.1) is 0 Å². The molecule has 2 fully saturated rings. The lowest BCUT2D eigenvalue weighted by Gasteiger charge is -2.33. The molecule has 0 spiro atoms. The van der Waals surface area contributed by atoms with Crippen molar-refractivity contribution in [2.24, 2.45) is 0 Å². The molecule has 20 heavy (non-hydrogen) atoms. The van der Waals surface area contributed by atoms with Crippen LogP contribution < -0.4 is 5.32 Å². The van der Waals surface area contributed by atoms with Crippen LogP contribution in [0.1, 0.15) is 48.8 Å². The van der Waals surface area contributed by atoms with Gasteiger partial charge in [0.25, 0.3) is 0 Å². The van der Waals surface area contributed by atoms with Gasteiger partial charge in [-0.3, -0.25) is 0 Å². The summed E-state index contributed by atoms with van der Waals surface area (Å²) in [6, 6.07) is 9.59. The van der Waals surface area contributed by atoms with E-state index in [1.165, 1.54) is 31.2 Å². The van der Waals surface area contributed by atoms with E-state index in [1.807, 2.05) is 0 Å². The first-order valence-corrected chi connectivity index (χ1v) is 8.04. The Labute approximate surface area is 122 Å². The normalized spacial score (nSPS) is 25.1. The highest BCUT2D eigenvalue weighted by molar-refractivity contribution is 5.34. The monoisotopic (exact) mass is 274 g/mol. The molecule has 0 bridgehead atoms. The van der Waals surface area contributed by atoms with Crippen LogP contribution in [0.15, 0.2) is 24.3 Å². The third-order valence-electron chi connectivity index (χ3n) is 4.88. The lowest BCUT2D eigenvalue weighted by Crippen LogP contribution is -2.35. The van der Waals surface area contributed by atoms with Crippen LogP contribution in [0.5, 0.6) is 0 Å². The van der Waals surface area contributed by atoms with Crippen molar-refractivity contribution >= 4 is 0 Å². The number of rotatable bonds is 4. The molecule has 3 rings (SSSR count). The summed E-state index contributed by atoms with van der Waals surface area (Å²) >= 11 is 0. The number of nitrogens with one attached hydrogen (secondary N) is 1. The van der Waals surface area contributed by atoms with Gasteiger partial charge in [-0.2, -0.15) is 0 Å². The molecule has 1 atom stereocenters. The summed E-state index contributed by atoms with van der Waals surface area (Å²) < 4.78 is 0. The molecule has 110 valence electrons. The number of nitrogens with zero attached hydrogens (tertiary/aromatic N) is 1. The van der Waals surface area contributed by atoms with E-state index in [0.29, 0.717) is 12.0 Å². The van der Waals surface area contributed by atoms with Gasteiger partial charge in [-0.25, -0.2) is 0 Å². The first-order chi connectivity index (χ1) is 9.88. The van der Waals surface area contributed by atoms with Gasteiger partial charge in [0.15, 0.2) is 0 Å². The molecule has 0 aromatic heterocycles. The van der Waals surface area contributed by atoms with Crippen molar-refractivity contribution in [1.29, 1.82) is 0 Å². The van der Waals surface area contributed by atoms with Crippen molar-refractivity contribution in [3.05, 3.63) is 35.4 Å². The highest BCUT2D eigenvalue weighted by atomic mass is 16.3. The Hall–Kier alpha value is -0.900. The highest BCUT2D eigenvalue weighted by Crippen LogP contribution is 2.35. The fourth-order valence-corrected chi connectivity index (χ4v) is 3.76. The maximum absolute atomic E-state index is 9.04. The van der Waals surface area contributed by atoms with E-state index in [1.54, 1.807) is 5.56 Å². The van der Waals surface area contributed by atoms with E-state index >= 15 is 0 Å². The minimum Gasteiger partial charge on any atom is -0.395 e. The van der Waals surface area contributed by atoms with Gasteiger partial charge in [-0.15, -0.1) is 0 Å². The lowest BCUT2D eigenvalue weighted by molar-refractivity contribution is 0.164. The Balaban J connectivity index is 1.71. The number of aliphatic hydroxyl groups excluding tert-OH is 1. The van der Waals surface area contributed by atoms with Crippen LogP contribution in [-0.2, 0) is 0 Å². The summed E-state index contributed by atoms with van der Waals surface area (Å²) in [5, 5.41) is 12.7. The molecule has 1 aromatic rings. The number of hydrogen-bond donors (Lipinski definition) is 2. The SMILES string of the molecule is OCCN1CCC(c2ccccc2C2CCCN2)CC1. The van der Waals surface area contributed by atoms with E-state index < -0.39 is 0 Å². The molecule has 2 saturated heterocycles. The number of likely N-dealkylation sites (tertiary alicyclic amines) is 1. The zero-order valence-electron chi connectivity index (χ0n) is 12.2. The van der Waals surface area contributed by atoms with Crippen LogP contribution >= 0.6 is 0 Å². The van der Waals surface area contributed by atoms with Crippen molar-refractivity contribution in [1.82, 2.24) is 10.2 Å². The molecule has 0 radical (unpaired) electrons. The Bertz CT molecular complexity index is 421. The standard InChI is InChI=1S/C17H26N2O/c20-13-12-19-10-7-14(8-11-19)15-4-1-2-5-16(15)17-6-3-9-18-17/h1-2,4-5,14,17-18,20H,3,6-13H2. The van der Waals surface area contributed by atoms with Crippen LogP contribution in [0.25, 0.3) is 0 Å². The first kappa shape index (κ1) is 14.1. The van der Waals surface area contributed by atoms with Crippen molar-refractivity contribution in [2.45, 2.75) is 37.6 Å². The van der Waals surface area contributed by atoms with Gasteiger partial charge in [0.2, 0.25) is 0 Å². The van der Waals surface area contributed by atoms with E-state index in [2.05, 4.69) is 34.5 Å². The van der Waals surface area contributed by atoms with Gasteiger partial charge in [-0.1, -0.05) is 24.3 Å². The zero-order valence-corrected chi connectivity index (χ0v) is 12.2. The van der Waals surface area contributed by atoms with Gasteiger partial charge in [0.1, 0.15) is 0 Å². The zero-order chi connectivity index (χ0) is 13.8. The molecule has 1 aromatic carbocycles. The molecule has 0 aliphatic carbocycles. The molecular formula is C17H26N2O. The van der Waals surface area contributed by atoms with Gasteiger partial charge in [0, 0.05) is 12.6 Å². The van der Waals surface area contributed by atoms with Crippen LogP contribution in [0.2, 0.25) is 0 Å². The average molecular weight is 274 g/mol. The van der Waals surface area contributed by atoms with E-state index in [4.69, 9.17) is 5.11 Å². The molecule has 3 heteroatoms. The van der Waals surface area contributed by atoms with E-state index in [0.717, 1.165) is 26.2 Å². The Morgan fingerprint density at radius 1 is 1.10 bits per heavy atom. The summed E-state index contributed by atoms with van der Waals surface area (Å²) in [6.45, 7) is 4.52. The number of piperidine rings is 1. The quantitative estimate of drug-likeness (QED) is 0.884. The van der Waals surface area contributed by atoms with Crippen LogP contribution in [0.4, 0.5) is 0 Å². The molecular weight excluding hydrogens is 248 g/mol. The molecule has 2 aliphatic rings. The molecule has 0 amide bonds. The van der Waals surface area contributed by atoms with Gasteiger partial charge < -0.3 is 15.3 Å². The maximum Gasteiger partial charge on any atom is 0.0558 e.